The summed E-state index contributed by atoms with van der Waals surface area (Å²) in [5.74, 6) is -1.08. The zero-order valence-electron chi connectivity index (χ0n) is 26.1. The minimum absolute atomic E-state index is 0.238. The molecule has 0 aromatic carbocycles. The molecule has 0 aliphatic carbocycles. The van der Waals surface area contributed by atoms with Crippen LogP contribution in [-0.2, 0) is 52.2 Å². The van der Waals surface area contributed by atoms with Gasteiger partial charge < -0.3 is 67.8 Å². The molecular weight excluding hydrogens is 576 g/mol. The van der Waals surface area contributed by atoms with Crippen molar-refractivity contribution in [3.63, 3.8) is 0 Å². The Morgan fingerprint density at radius 1 is 0.791 bits per heavy atom. The Balaban J connectivity index is 1.63. The molecular formula is C28H50O15. The van der Waals surface area contributed by atoms with Crippen LogP contribution in [0.15, 0.2) is 0 Å². The maximum absolute atomic E-state index is 11.3. The molecule has 3 aliphatic heterocycles. The molecule has 43 heavy (non-hydrogen) atoms. The lowest BCUT2D eigenvalue weighted by molar-refractivity contribution is -0.353. The Kier molecular flexibility index (Phi) is 14.0. The normalized spacial score (nSPS) is 42.7. The molecule has 3 heterocycles. The average molecular weight is 627 g/mol. The van der Waals surface area contributed by atoms with Gasteiger partial charge >= 0.3 is 5.97 Å². The van der Waals surface area contributed by atoms with Gasteiger partial charge in [0.15, 0.2) is 18.9 Å². The molecule has 0 saturated carbocycles. The summed E-state index contributed by atoms with van der Waals surface area (Å²) in [4.78, 5) is 11.3. The van der Waals surface area contributed by atoms with Crippen LogP contribution >= 0.6 is 0 Å². The summed E-state index contributed by atoms with van der Waals surface area (Å²) < 4.78 is 58.5. The van der Waals surface area contributed by atoms with Crippen molar-refractivity contribution in [2.75, 3.05) is 28.4 Å². The van der Waals surface area contributed by atoms with Crippen molar-refractivity contribution in [2.24, 2.45) is 0 Å². The Hall–Kier alpha value is -1.05. The highest BCUT2D eigenvalue weighted by Crippen LogP contribution is 2.34. The lowest BCUT2D eigenvalue weighted by Gasteiger charge is -2.47. The summed E-state index contributed by atoms with van der Waals surface area (Å²) in [7, 11) is 5.84. The van der Waals surface area contributed by atoms with Gasteiger partial charge in [-0.25, -0.2) is 0 Å². The van der Waals surface area contributed by atoms with Crippen molar-refractivity contribution in [1.82, 2.24) is 0 Å². The molecule has 3 aliphatic rings. The van der Waals surface area contributed by atoms with Crippen molar-refractivity contribution >= 4 is 5.97 Å². The van der Waals surface area contributed by atoms with E-state index in [0.29, 0.717) is 0 Å². The highest BCUT2D eigenvalue weighted by Gasteiger charge is 2.49. The van der Waals surface area contributed by atoms with Crippen LogP contribution in [0.2, 0.25) is 0 Å². The van der Waals surface area contributed by atoms with E-state index in [0.717, 1.165) is 0 Å². The van der Waals surface area contributed by atoms with E-state index < -0.39 is 104 Å². The quantitative estimate of drug-likeness (QED) is 0.198. The van der Waals surface area contributed by atoms with Gasteiger partial charge in [-0.1, -0.05) is 0 Å². The number of rotatable bonds is 14. The van der Waals surface area contributed by atoms with Crippen LogP contribution in [0.3, 0.4) is 0 Å². The van der Waals surface area contributed by atoms with Gasteiger partial charge in [-0.3, -0.25) is 4.79 Å². The minimum atomic E-state index is -1.23. The molecule has 0 aromatic rings. The first-order valence-corrected chi connectivity index (χ1v) is 14.6. The molecule has 3 saturated heterocycles. The SMILES string of the molecule is CO[C@H]1[C@@H](O)[C@H](O[C@@H]2[C@@H](C)O[C@@H](O[C@H]3[C@@H](OC)C[C@H](O[C@@H]([C@H](CC(=O)O)OC)[C@@H](C)O)O[C@@H]3C)C[C@H]2OC)O[C@H](C)[C@H]1O. The summed E-state index contributed by atoms with van der Waals surface area (Å²) in [6.45, 7) is 6.76. The van der Waals surface area contributed by atoms with Crippen LogP contribution in [0.1, 0.15) is 47.0 Å². The number of ether oxygens (including phenoxy) is 10. The monoisotopic (exact) mass is 626 g/mol. The maximum atomic E-state index is 11.3. The zero-order valence-corrected chi connectivity index (χ0v) is 26.1. The first kappa shape index (κ1) is 36.4. The van der Waals surface area contributed by atoms with Crippen LogP contribution in [-0.4, -0.2) is 153 Å². The summed E-state index contributed by atoms with van der Waals surface area (Å²) in [6.07, 6.45) is -12.3. The molecule has 4 N–H and O–H groups in total. The van der Waals surface area contributed by atoms with Crippen molar-refractivity contribution in [1.29, 1.82) is 0 Å². The van der Waals surface area contributed by atoms with E-state index in [4.69, 9.17) is 47.4 Å². The lowest BCUT2D eigenvalue weighted by Crippen LogP contribution is -2.61. The van der Waals surface area contributed by atoms with E-state index in [1.165, 1.54) is 28.3 Å². The van der Waals surface area contributed by atoms with Crippen LogP contribution in [0, 0.1) is 0 Å². The van der Waals surface area contributed by atoms with Crippen LogP contribution < -0.4 is 0 Å². The molecule has 252 valence electrons. The second kappa shape index (κ2) is 16.5. The number of aliphatic carboxylic acids is 1. The number of carbonyl (C=O) groups is 1. The highest BCUT2D eigenvalue weighted by atomic mass is 16.8. The number of hydrogen-bond acceptors (Lipinski definition) is 14. The first-order valence-electron chi connectivity index (χ1n) is 14.6. The molecule has 3 rings (SSSR count). The number of carboxylic acids is 1. The number of hydrogen-bond donors (Lipinski definition) is 4. The van der Waals surface area contributed by atoms with Crippen LogP contribution in [0.25, 0.3) is 0 Å². The summed E-state index contributed by atoms with van der Waals surface area (Å²) >= 11 is 0. The molecule has 0 spiro atoms. The van der Waals surface area contributed by atoms with Gasteiger partial charge in [-0.15, -0.1) is 0 Å². The van der Waals surface area contributed by atoms with Crippen molar-refractivity contribution in [3.8, 4) is 0 Å². The Bertz CT molecular complexity index is 847. The van der Waals surface area contributed by atoms with E-state index >= 15 is 0 Å². The first-order chi connectivity index (χ1) is 20.3. The lowest BCUT2D eigenvalue weighted by atomic mass is 9.98. The smallest absolute Gasteiger partial charge is 0.306 e. The molecule has 3 fully saturated rings. The second-order valence-corrected chi connectivity index (χ2v) is 11.4. The van der Waals surface area contributed by atoms with E-state index in [-0.39, 0.29) is 19.3 Å². The van der Waals surface area contributed by atoms with Crippen LogP contribution in [0.4, 0.5) is 0 Å². The van der Waals surface area contributed by atoms with Gasteiger partial charge in [-0.2, -0.15) is 0 Å². The second-order valence-electron chi connectivity index (χ2n) is 11.4. The Labute approximate surface area is 252 Å². The van der Waals surface area contributed by atoms with Gasteiger partial charge in [0.1, 0.15) is 36.6 Å². The van der Waals surface area contributed by atoms with Gasteiger partial charge in [0.2, 0.25) is 0 Å². The molecule has 0 amide bonds. The van der Waals surface area contributed by atoms with Crippen LogP contribution in [0.5, 0.6) is 0 Å². The van der Waals surface area contributed by atoms with Gasteiger partial charge in [-0.05, 0) is 27.7 Å². The van der Waals surface area contributed by atoms with E-state index in [1.807, 2.05) is 0 Å². The largest absolute Gasteiger partial charge is 0.481 e. The molecule has 0 bridgehead atoms. The fourth-order valence-corrected chi connectivity index (χ4v) is 5.94. The highest BCUT2D eigenvalue weighted by molar-refractivity contribution is 5.67. The number of aliphatic hydroxyl groups excluding tert-OH is 3. The predicted molar refractivity (Wildman–Crippen MR) is 146 cm³/mol. The summed E-state index contributed by atoms with van der Waals surface area (Å²) in [6, 6.07) is 0. The maximum Gasteiger partial charge on any atom is 0.306 e. The van der Waals surface area contributed by atoms with Gasteiger partial charge in [0, 0.05) is 41.3 Å². The third-order valence-corrected chi connectivity index (χ3v) is 8.33. The summed E-state index contributed by atoms with van der Waals surface area (Å²) in [5.41, 5.74) is 0. The summed E-state index contributed by atoms with van der Waals surface area (Å²) in [5, 5.41) is 40.5. The molecule has 0 radical (unpaired) electrons. The number of methoxy groups -OCH3 is 4. The molecule has 15 heteroatoms. The fraction of sp³-hybridized carbons (Fsp3) is 0.964. The van der Waals surface area contributed by atoms with Crippen molar-refractivity contribution < 1.29 is 72.6 Å². The third-order valence-electron chi connectivity index (χ3n) is 8.33. The Morgan fingerprint density at radius 3 is 1.86 bits per heavy atom. The van der Waals surface area contributed by atoms with Crippen molar-refractivity contribution in [3.05, 3.63) is 0 Å². The van der Waals surface area contributed by atoms with Crippen molar-refractivity contribution in [2.45, 2.75) is 145 Å². The van der Waals surface area contributed by atoms with Gasteiger partial charge in [0.05, 0.1) is 49.1 Å². The number of carboxylic acid groups (broad SMARTS) is 1. The molecule has 16 atom stereocenters. The van der Waals surface area contributed by atoms with Gasteiger partial charge in [0.25, 0.3) is 0 Å². The average Bonchev–Trinajstić information content (AvgIpc) is 2.95. The van der Waals surface area contributed by atoms with E-state index in [2.05, 4.69) is 0 Å². The number of aliphatic hydroxyl groups is 3. The standard InChI is InChI=1S/C28H50O15/c1-12(29)24(16(34-5)9-19(30)31)41-20-10-17(35-6)25(14(3)38-20)42-21-11-18(36-7)26(15(4)39-21)43-28-23(33)27(37-8)22(32)13(2)40-28/h12-18,20-29,32-33H,9-11H2,1-8H3,(H,30,31)/t12-,13-,14-,15-,16+,17+,18-,20+,21+,22-,23-,24-,25-,26-,27-,28+/m1/s1. The van der Waals surface area contributed by atoms with E-state index in [1.54, 1.807) is 27.9 Å². The minimum Gasteiger partial charge on any atom is -0.481 e. The predicted octanol–water partition coefficient (Wildman–Crippen LogP) is -0.206. The molecule has 15 nitrogen and oxygen atoms in total. The molecule has 0 unspecified atom stereocenters. The zero-order chi connectivity index (χ0) is 32.0. The topological polar surface area (TPSA) is 190 Å². The third kappa shape index (κ3) is 9.03. The van der Waals surface area contributed by atoms with E-state index in [9.17, 15) is 25.2 Å². The Morgan fingerprint density at radius 2 is 1.35 bits per heavy atom. The fourth-order valence-electron chi connectivity index (χ4n) is 5.94. The molecule has 0 aromatic heterocycles.